The third-order valence-corrected chi connectivity index (χ3v) is 8.34. The lowest BCUT2D eigenvalue weighted by molar-refractivity contribution is 0.00733. The van der Waals surface area contributed by atoms with E-state index in [1.165, 1.54) is 19.3 Å². The van der Waals surface area contributed by atoms with Crippen LogP contribution in [-0.2, 0) is 11.3 Å². The first kappa shape index (κ1) is 25.7. The van der Waals surface area contributed by atoms with Crippen molar-refractivity contribution in [3.8, 4) is 11.4 Å². The van der Waals surface area contributed by atoms with E-state index in [1.807, 2.05) is 54.6 Å². The van der Waals surface area contributed by atoms with E-state index in [0.717, 1.165) is 60.2 Å². The third-order valence-electron chi connectivity index (χ3n) is 7.46. The Morgan fingerprint density at radius 2 is 2.03 bits per heavy atom. The zero-order valence-electron chi connectivity index (χ0n) is 22.7. The Bertz CT molecular complexity index is 1420. The minimum atomic E-state index is -0.509. The van der Waals surface area contributed by atoms with Crippen molar-refractivity contribution >= 4 is 28.1 Å². The van der Waals surface area contributed by atoms with E-state index in [2.05, 4.69) is 35.8 Å². The quantitative estimate of drug-likeness (QED) is 0.332. The highest BCUT2D eigenvalue weighted by molar-refractivity contribution is 7.15. The first-order valence-electron chi connectivity index (χ1n) is 13.7. The maximum atomic E-state index is 13.2. The number of carbonyl (C=O) groups is 1. The van der Waals surface area contributed by atoms with Gasteiger partial charge in [-0.15, -0.1) is 21.5 Å². The average molecular weight is 550 g/mol. The van der Waals surface area contributed by atoms with Crippen molar-refractivity contribution in [1.29, 1.82) is 0 Å². The molecule has 1 amide bonds. The van der Waals surface area contributed by atoms with Crippen molar-refractivity contribution in [3.63, 3.8) is 0 Å². The molecule has 5 heterocycles. The number of ether oxygens (including phenoxy) is 1. The Labute approximate surface area is 231 Å². The van der Waals surface area contributed by atoms with Gasteiger partial charge in [-0.25, -0.2) is 14.5 Å². The molecule has 1 saturated heterocycles. The predicted octanol–water partition coefficient (Wildman–Crippen LogP) is 4.50. The van der Waals surface area contributed by atoms with Gasteiger partial charge < -0.3 is 14.5 Å². The fourth-order valence-electron chi connectivity index (χ4n) is 5.24. The van der Waals surface area contributed by atoms with Crippen molar-refractivity contribution in [3.05, 3.63) is 41.9 Å². The molecule has 0 bridgehead atoms. The first-order chi connectivity index (χ1) is 18.8. The van der Waals surface area contributed by atoms with E-state index >= 15 is 0 Å². The number of anilines is 1. The second-order valence-electron chi connectivity index (χ2n) is 11.6. The van der Waals surface area contributed by atoms with Gasteiger partial charge in [0, 0.05) is 25.0 Å². The van der Waals surface area contributed by atoms with Gasteiger partial charge in [0.25, 0.3) is 0 Å². The number of aromatic nitrogens is 7. The summed E-state index contributed by atoms with van der Waals surface area (Å²) in [6.07, 6.45) is 10.9. The number of fused-ring (bicyclic) bond motifs is 1. The van der Waals surface area contributed by atoms with Gasteiger partial charge in [0.1, 0.15) is 22.5 Å². The Morgan fingerprint density at radius 3 is 2.77 bits per heavy atom. The molecule has 1 saturated carbocycles. The van der Waals surface area contributed by atoms with Crippen molar-refractivity contribution in [2.24, 2.45) is 5.92 Å². The molecule has 1 atom stereocenters. The molecular weight excluding hydrogens is 514 g/mol. The zero-order valence-corrected chi connectivity index (χ0v) is 23.5. The summed E-state index contributed by atoms with van der Waals surface area (Å²) in [6, 6.07) is 4.11. The molecule has 6 rings (SSSR count). The fraction of sp³-hybridized carbons (Fsp3) is 0.556. The Kier molecular flexibility index (Phi) is 6.96. The van der Waals surface area contributed by atoms with E-state index in [4.69, 9.17) is 4.74 Å². The molecular formula is C27H35N9O2S. The van der Waals surface area contributed by atoms with E-state index in [0.29, 0.717) is 12.5 Å². The summed E-state index contributed by atoms with van der Waals surface area (Å²) in [5, 5.41) is 19.7. The maximum absolute atomic E-state index is 13.2. The highest BCUT2D eigenvalue weighted by Crippen LogP contribution is 2.30. The van der Waals surface area contributed by atoms with Gasteiger partial charge in [0.2, 0.25) is 0 Å². The summed E-state index contributed by atoms with van der Waals surface area (Å²) in [5.74, 6) is 1.41. The van der Waals surface area contributed by atoms with Crippen molar-refractivity contribution in [1.82, 2.24) is 39.5 Å². The van der Waals surface area contributed by atoms with Crippen LogP contribution in [-0.4, -0.2) is 76.8 Å². The smallest absolute Gasteiger partial charge is 0.410 e. The van der Waals surface area contributed by atoms with Crippen LogP contribution in [0.1, 0.15) is 58.6 Å². The van der Waals surface area contributed by atoms with Crippen LogP contribution < -0.4 is 4.90 Å². The topological polar surface area (TPSA) is 107 Å². The summed E-state index contributed by atoms with van der Waals surface area (Å²) in [5.41, 5.74) is 2.06. The maximum Gasteiger partial charge on any atom is 0.410 e. The van der Waals surface area contributed by atoms with Crippen LogP contribution in [0, 0.1) is 5.92 Å². The van der Waals surface area contributed by atoms with E-state index in [1.54, 1.807) is 22.3 Å². The van der Waals surface area contributed by atoms with Gasteiger partial charge >= 0.3 is 6.09 Å². The highest BCUT2D eigenvalue weighted by Gasteiger charge is 2.34. The summed E-state index contributed by atoms with van der Waals surface area (Å²) >= 11 is 1.62. The fourth-order valence-corrected chi connectivity index (χ4v) is 6.08. The molecule has 2 fully saturated rings. The SMILES string of the molecule is CC(C)(C)OC(=O)N(CC1CCC1)[C@@H]1CCCN(c2ccc(Cn3cc(-c4csc5cncn45)nn3)nn2)C1. The van der Waals surface area contributed by atoms with Gasteiger partial charge in [0.05, 0.1) is 36.4 Å². The molecule has 0 N–H and O–H groups in total. The van der Waals surface area contributed by atoms with Crippen LogP contribution in [0.2, 0.25) is 0 Å². The Hall–Kier alpha value is -3.54. The largest absolute Gasteiger partial charge is 0.444 e. The van der Waals surface area contributed by atoms with Crippen LogP contribution in [0.15, 0.2) is 36.2 Å². The normalized spacial score (nSPS) is 18.3. The van der Waals surface area contributed by atoms with Crippen LogP contribution in [0.5, 0.6) is 0 Å². The monoisotopic (exact) mass is 549 g/mol. The second-order valence-corrected chi connectivity index (χ2v) is 12.5. The predicted molar refractivity (Wildman–Crippen MR) is 149 cm³/mol. The number of amides is 1. The summed E-state index contributed by atoms with van der Waals surface area (Å²) in [7, 11) is 0. The van der Waals surface area contributed by atoms with Crippen LogP contribution in [0.4, 0.5) is 10.6 Å². The third kappa shape index (κ3) is 5.75. The number of imidazole rings is 1. The molecule has 4 aromatic rings. The first-order valence-corrected chi connectivity index (χ1v) is 14.6. The van der Waals surface area contributed by atoms with Gasteiger partial charge in [-0.05, 0) is 64.5 Å². The van der Waals surface area contributed by atoms with Crippen LogP contribution in [0.3, 0.4) is 0 Å². The Balaban J connectivity index is 1.11. The lowest BCUT2D eigenvalue weighted by atomic mass is 9.84. The number of carbonyl (C=O) groups excluding carboxylic acids is 1. The lowest BCUT2D eigenvalue weighted by Gasteiger charge is -2.42. The molecule has 4 aromatic heterocycles. The number of thiazole rings is 1. The second kappa shape index (κ2) is 10.6. The van der Waals surface area contributed by atoms with Gasteiger partial charge in [-0.1, -0.05) is 11.6 Å². The van der Waals surface area contributed by atoms with Crippen LogP contribution in [0.25, 0.3) is 16.2 Å². The highest BCUT2D eigenvalue weighted by atomic mass is 32.1. The van der Waals surface area contributed by atoms with E-state index in [-0.39, 0.29) is 12.1 Å². The standard InChI is InChI=1S/C27H35N9O2S/c1-27(2,3)38-26(37)35(13-19-6-4-7-19)21-8-5-11-33(15-21)24-10-9-20(29-31-24)14-34-16-22(30-32-34)23-17-39-25-12-28-18-36(23)25/h9-10,12,16-19,21H,4-8,11,13-15H2,1-3H3/t21-/m1/s1. The summed E-state index contributed by atoms with van der Waals surface area (Å²) in [6.45, 7) is 8.66. The lowest BCUT2D eigenvalue weighted by Crippen LogP contribution is -2.53. The zero-order chi connectivity index (χ0) is 27.0. The Morgan fingerprint density at radius 1 is 1.15 bits per heavy atom. The van der Waals surface area contributed by atoms with Crippen molar-refractivity contribution < 1.29 is 9.53 Å². The molecule has 1 aliphatic heterocycles. The number of hydrogen-bond donors (Lipinski definition) is 0. The van der Waals surface area contributed by atoms with Crippen molar-refractivity contribution in [2.75, 3.05) is 24.5 Å². The molecule has 12 heteroatoms. The van der Waals surface area contributed by atoms with Crippen LogP contribution >= 0.6 is 11.3 Å². The van der Waals surface area contributed by atoms with Gasteiger partial charge in [0.15, 0.2) is 5.82 Å². The van der Waals surface area contributed by atoms with Gasteiger partial charge in [-0.3, -0.25) is 4.40 Å². The number of rotatable bonds is 7. The molecule has 1 aliphatic carbocycles. The number of hydrogen-bond acceptors (Lipinski definition) is 9. The molecule has 11 nitrogen and oxygen atoms in total. The minimum Gasteiger partial charge on any atom is -0.444 e. The van der Waals surface area contributed by atoms with Crippen molar-refractivity contribution in [2.45, 2.75) is 71.1 Å². The molecule has 0 unspecified atom stereocenters. The summed E-state index contributed by atoms with van der Waals surface area (Å²) < 4.78 is 9.58. The molecule has 0 spiro atoms. The van der Waals surface area contributed by atoms with Gasteiger partial charge in [-0.2, -0.15) is 5.10 Å². The molecule has 2 aliphatic rings. The molecule has 0 radical (unpaired) electrons. The molecule has 39 heavy (non-hydrogen) atoms. The molecule has 206 valence electrons. The number of piperidine rings is 1. The molecule has 0 aromatic carbocycles. The van der Waals surface area contributed by atoms with E-state index < -0.39 is 5.60 Å². The minimum absolute atomic E-state index is 0.100. The summed E-state index contributed by atoms with van der Waals surface area (Å²) in [4.78, 5) is 22.6. The average Bonchev–Trinajstić information content (AvgIpc) is 3.61. The van der Waals surface area contributed by atoms with E-state index in [9.17, 15) is 4.79 Å². The number of nitrogens with zero attached hydrogens (tertiary/aromatic N) is 9.